The van der Waals surface area contributed by atoms with Crippen molar-refractivity contribution in [2.45, 2.75) is 32.4 Å². The standard InChI is InChI=1S/C29H31N5O3/c1-21-7-9-23(10-8-21)27-24(20-34(31-27)19-22-5-3-2-4-6-22)11-14-26(35)32-15-17-33(18-16-32)29(37)28(36)30-25-12-13-25/h2-11,14,20,25H,12-13,15-19H2,1H3,(H,30,36)/b14-11+. The molecule has 8 heteroatoms. The number of aromatic nitrogens is 2. The third kappa shape index (κ3) is 6.14. The molecule has 1 aromatic heterocycles. The highest BCUT2D eigenvalue weighted by Gasteiger charge is 2.31. The van der Waals surface area contributed by atoms with E-state index in [1.807, 2.05) is 54.2 Å². The Hall–Kier alpha value is -4.20. The molecule has 3 amide bonds. The number of benzene rings is 2. The highest BCUT2D eigenvalue weighted by Crippen LogP contribution is 2.24. The minimum Gasteiger partial charge on any atom is -0.345 e. The van der Waals surface area contributed by atoms with Crippen LogP contribution in [-0.2, 0) is 20.9 Å². The van der Waals surface area contributed by atoms with E-state index in [1.165, 1.54) is 10.5 Å². The summed E-state index contributed by atoms with van der Waals surface area (Å²) in [5, 5.41) is 7.56. The fourth-order valence-electron chi connectivity index (χ4n) is 4.36. The minimum atomic E-state index is -0.543. The normalized spacial score (nSPS) is 15.7. The van der Waals surface area contributed by atoms with Crippen LogP contribution in [0.4, 0.5) is 0 Å². The molecule has 0 bridgehead atoms. The first-order valence-electron chi connectivity index (χ1n) is 12.7. The zero-order chi connectivity index (χ0) is 25.8. The Morgan fingerprint density at radius 1 is 0.946 bits per heavy atom. The van der Waals surface area contributed by atoms with Gasteiger partial charge in [-0.1, -0.05) is 60.2 Å². The second-order valence-corrected chi connectivity index (χ2v) is 9.68. The molecule has 1 saturated carbocycles. The first kappa shape index (κ1) is 24.5. The van der Waals surface area contributed by atoms with Crippen molar-refractivity contribution >= 4 is 23.8 Å². The van der Waals surface area contributed by atoms with E-state index < -0.39 is 11.8 Å². The number of carbonyl (C=O) groups is 3. The van der Waals surface area contributed by atoms with Crippen molar-refractivity contribution in [3.8, 4) is 11.3 Å². The summed E-state index contributed by atoms with van der Waals surface area (Å²) in [6.45, 7) is 4.16. The summed E-state index contributed by atoms with van der Waals surface area (Å²) in [7, 11) is 0. The van der Waals surface area contributed by atoms with Gasteiger partial charge in [0.2, 0.25) is 5.91 Å². The highest BCUT2D eigenvalue weighted by atomic mass is 16.2. The number of carbonyl (C=O) groups excluding carboxylic acids is 3. The molecule has 1 aliphatic heterocycles. The van der Waals surface area contributed by atoms with E-state index in [0.717, 1.165) is 35.2 Å². The second kappa shape index (κ2) is 10.8. The van der Waals surface area contributed by atoms with Crippen LogP contribution in [0.25, 0.3) is 17.3 Å². The summed E-state index contributed by atoms with van der Waals surface area (Å²) in [5.41, 5.74) is 4.98. The molecule has 190 valence electrons. The SMILES string of the molecule is Cc1ccc(-c2nn(Cc3ccccc3)cc2/C=C/C(=O)N2CCN(C(=O)C(=O)NC3CC3)CC2)cc1. The summed E-state index contributed by atoms with van der Waals surface area (Å²) in [6.07, 6.45) is 7.21. The average molecular weight is 498 g/mol. The largest absolute Gasteiger partial charge is 0.345 e. The van der Waals surface area contributed by atoms with Gasteiger partial charge in [0.05, 0.1) is 12.2 Å². The van der Waals surface area contributed by atoms with E-state index in [1.54, 1.807) is 11.0 Å². The molecule has 2 heterocycles. The van der Waals surface area contributed by atoms with Crippen LogP contribution in [0.3, 0.4) is 0 Å². The van der Waals surface area contributed by atoms with Gasteiger partial charge in [-0.3, -0.25) is 19.1 Å². The monoisotopic (exact) mass is 497 g/mol. The maximum atomic E-state index is 13.0. The number of amides is 3. The summed E-state index contributed by atoms with van der Waals surface area (Å²) < 4.78 is 1.89. The van der Waals surface area contributed by atoms with Gasteiger partial charge in [-0.05, 0) is 31.4 Å². The van der Waals surface area contributed by atoms with Crippen molar-refractivity contribution in [1.82, 2.24) is 24.9 Å². The van der Waals surface area contributed by atoms with Gasteiger partial charge < -0.3 is 15.1 Å². The van der Waals surface area contributed by atoms with Crippen molar-refractivity contribution in [3.63, 3.8) is 0 Å². The van der Waals surface area contributed by atoms with Crippen molar-refractivity contribution in [3.05, 3.63) is 83.6 Å². The zero-order valence-corrected chi connectivity index (χ0v) is 21.0. The van der Waals surface area contributed by atoms with Gasteiger partial charge in [-0.25, -0.2) is 0 Å². The fraction of sp³-hybridized carbons (Fsp3) is 0.310. The van der Waals surface area contributed by atoms with E-state index in [0.29, 0.717) is 32.7 Å². The van der Waals surface area contributed by atoms with Gasteiger partial charge in [0, 0.05) is 55.6 Å². The van der Waals surface area contributed by atoms with Gasteiger partial charge in [0.1, 0.15) is 0 Å². The smallest absolute Gasteiger partial charge is 0.312 e. The van der Waals surface area contributed by atoms with E-state index in [-0.39, 0.29) is 11.9 Å². The molecule has 8 nitrogen and oxygen atoms in total. The molecule has 1 N–H and O–H groups in total. The summed E-state index contributed by atoms with van der Waals surface area (Å²) >= 11 is 0. The van der Waals surface area contributed by atoms with Crippen molar-refractivity contribution in [2.24, 2.45) is 0 Å². The molecule has 0 radical (unpaired) electrons. The number of nitrogens with one attached hydrogen (secondary N) is 1. The number of aryl methyl sites for hydroxylation is 1. The molecular weight excluding hydrogens is 466 g/mol. The van der Waals surface area contributed by atoms with Crippen LogP contribution in [0.15, 0.2) is 66.9 Å². The lowest BCUT2D eigenvalue weighted by Crippen LogP contribution is -2.53. The van der Waals surface area contributed by atoms with Crippen molar-refractivity contribution in [2.75, 3.05) is 26.2 Å². The molecule has 2 aromatic carbocycles. The lowest BCUT2D eigenvalue weighted by atomic mass is 10.1. The van der Waals surface area contributed by atoms with Gasteiger partial charge in [-0.15, -0.1) is 0 Å². The van der Waals surface area contributed by atoms with Gasteiger partial charge in [0.25, 0.3) is 0 Å². The predicted octanol–water partition coefficient (Wildman–Crippen LogP) is 2.87. The minimum absolute atomic E-state index is 0.125. The first-order valence-corrected chi connectivity index (χ1v) is 12.7. The van der Waals surface area contributed by atoms with Crippen LogP contribution in [0, 0.1) is 6.92 Å². The maximum Gasteiger partial charge on any atom is 0.312 e. The number of rotatable bonds is 6. The molecule has 5 rings (SSSR count). The second-order valence-electron chi connectivity index (χ2n) is 9.68. The summed E-state index contributed by atoms with van der Waals surface area (Å²) in [6, 6.07) is 18.5. The molecule has 2 aliphatic rings. The zero-order valence-electron chi connectivity index (χ0n) is 21.0. The van der Waals surface area contributed by atoms with E-state index >= 15 is 0 Å². The van der Waals surface area contributed by atoms with Crippen LogP contribution < -0.4 is 5.32 Å². The number of piperazine rings is 1. The Labute approximate surface area is 216 Å². The fourth-order valence-corrected chi connectivity index (χ4v) is 4.36. The molecule has 1 aliphatic carbocycles. The topological polar surface area (TPSA) is 87.5 Å². The third-order valence-electron chi connectivity index (χ3n) is 6.69. The molecule has 2 fully saturated rings. The lowest BCUT2D eigenvalue weighted by Gasteiger charge is -2.33. The molecular formula is C29H31N5O3. The van der Waals surface area contributed by atoms with Gasteiger partial charge in [0.15, 0.2) is 0 Å². The average Bonchev–Trinajstić information content (AvgIpc) is 3.65. The molecule has 1 saturated heterocycles. The van der Waals surface area contributed by atoms with Crippen LogP contribution in [0.1, 0.15) is 29.5 Å². The molecule has 0 atom stereocenters. The summed E-state index contributed by atoms with van der Waals surface area (Å²) in [5.74, 6) is -1.18. The third-order valence-corrected chi connectivity index (χ3v) is 6.69. The summed E-state index contributed by atoms with van der Waals surface area (Å²) in [4.78, 5) is 40.6. The number of hydrogen-bond donors (Lipinski definition) is 1. The molecule has 0 unspecified atom stereocenters. The van der Waals surface area contributed by atoms with Crippen molar-refractivity contribution in [1.29, 1.82) is 0 Å². The molecule has 0 spiro atoms. The van der Waals surface area contributed by atoms with Crippen LogP contribution in [0.2, 0.25) is 0 Å². The Balaban J connectivity index is 1.26. The first-order chi connectivity index (χ1) is 18.0. The Morgan fingerprint density at radius 2 is 1.62 bits per heavy atom. The van der Waals surface area contributed by atoms with E-state index in [4.69, 9.17) is 5.10 Å². The van der Waals surface area contributed by atoms with Crippen LogP contribution in [-0.4, -0.2) is 69.5 Å². The lowest BCUT2D eigenvalue weighted by molar-refractivity contribution is -0.148. The Bertz CT molecular complexity index is 1300. The van der Waals surface area contributed by atoms with E-state index in [2.05, 4.69) is 29.6 Å². The number of hydrogen-bond acceptors (Lipinski definition) is 4. The molecule has 37 heavy (non-hydrogen) atoms. The highest BCUT2D eigenvalue weighted by molar-refractivity contribution is 6.35. The van der Waals surface area contributed by atoms with Crippen LogP contribution >= 0.6 is 0 Å². The Kier molecular flexibility index (Phi) is 7.16. The Morgan fingerprint density at radius 3 is 2.30 bits per heavy atom. The quantitative estimate of drug-likeness (QED) is 0.419. The van der Waals surface area contributed by atoms with Gasteiger partial charge >= 0.3 is 11.8 Å². The van der Waals surface area contributed by atoms with Gasteiger partial charge in [-0.2, -0.15) is 5.10 Å². The molecule has 3 aromatic rings. The van der Waals surface area contributed by atoms with Crippen molar-refractivity contribution < 1.29 is 14.4 Å². The van der Waals surface area contributed by atoms with Crippen LogP contribution in [0.5, 0.6) is 0 Å². The maximum absolute atomic E-state index is 13.0. The van der Waals surface area contributed by atoms with E-state index in [9.17, 15) is 14.4 Å². The predicted molar refractivity (Wildman–Crippen MR) is 141 cm³/mol. The number of nitrogens with zero attached hydrogens (tertiary/aromatic N) is 4.